The van der Waals surface area contributed by atoms with Crippen LogP contribution < -0.4 is 0 Å². The highest BCUT2D eigenvalue weighted by Crippen LogP contribution is 2.40. The number of aryl methyl sites for hydroxylation is 1. The molecule has 0 aliphatic carbocycles. The van der Waals surface area contributed by atoms with Crippen LogP contribution in [0.5, 0.6) is 0 Å². The first-order chi connectivity index (χ1) is 12.8. The summed E-state index contributed by atoms with van der Waals surface area (Å²) >= 11 is 0. The number of rotatable bonds is 1. The molecule has 2 aromatic carbocycles. The summed E-state index contributed by atoms with van der Waals surface area (Å²) in [6, 6.07) is 13.4. The second-order valence-corrected chi connectivity index (χ2v) is 8.91. The lowest BCUT2D eigenvalue weighted by Crippen LogP contribution is -2.53. The van der Waals surface area contributed by atoms with E-state index >= 15 is 0 Å². The summed E-state index contributed by atoms with van der Waals surface area (Å²) in [4.78, 5) is 14.8. The molecule has 2 unspecified atom stereocenters. The van der Waals surface area contributed by atoms with E-state index in [0.717, 1.165) is 19.3 Å². The highest BCUT2D eigenvalue weighted by Gasteiger charge is 2.39. The van der Waals surface area contributed by atoms with Crippen molar-refractivity contribution in [2.45, 2.75) is 71.1 Å². The number of carbonyl (C=O) groups is 1. The molecule has 1 fully saturated rings. The van der Waals surface area contributed by atoms with Gasteiger partial charge in [-0.3, -0.25) is 4.90 Å². The largest absolute Gasteiger partial charge is 0.444 e. The Kier molecular flexibility index (Phi) is 4.49. The van der Waals surface area contributed by atoms with Crippen molar-refractivity contribution < 1.29 is 9.53 Å². The van der Waals surface area contributed by atoms with Gasteiger partial charge in [-0.1, -0.05) is 42.5 Å². The molecule has 3 heteroatoms. The van der Waals surface area contributed by atoms with E-state index in [-0.39, 0.29) is 18.2 Å². The average molecular weight is 364 g/mol. The van der Waals surface area contributed by atoms with E-state index in [1.807, 2.05) is 25.7 Å². The molecule has 0 spiro atoms. The first-order valence-corrected chi connectivity index (χ1v) is 10.0. The number of ether oxygens (including phenoxy) is 1. The highest BCUT2D eigenvalue weighted by molar-refractivity contribution is 5.95. The number of benzene rings is 2. The Hall–Kier alpha value is -2.29. The van der Waals surface area contributed by atoms with Crippen molar-refractivity contribution in [1.82, 2.24) is 4.90 Å². The molecule has 0 N–H and O–H groups in total. The van der Waals surface area contributed by atoms with Crippen LogP contribution in [0.1, 0.15) is 57.6 Å². The standard InChI is InChI=1S/C24H29NO2/c1-16-12-13-17-8-5-6-11-21(17)22(16)18-14-19-9-7-10-20(15-18)25(19)23(26)27-24(2,3)4/h5-6,8,11-14,19-20H,7,9-10,15H2,1-4H3. The third kappa shape index (κ3) is 3.47. The summed E-state index contributed by atoms with van der Waals surface area (Å²) in [7, 11) is 0. The van der Waals surface area contributed by atoms with Gasteiger partial charge in [-0.2, -0.15) is 0 Å². The van der Waals surface area contributed by atoms with Gasteiger partial charge in [-0.05, 0) is 80.9 Å². The fourth-order valence-corrected chi connectivity index (χ4v) is 4.62. The van der Waals surface area contributed by atoms with Crippen molar-refractivity contribution >= 4 is 22.4 Å². The van der Waals surface area contributed by atoms with Crippen molar-refractivity contribution in [3.8, 4) is 0 Å². The lowest BCUT2D eigenvalue weighted by atomic mass is 9.81. The number of amides is 1. The van der Waals surface area contributed by atoms with Crippen LogP contribution in [0, 0.1) is 6.92 Å². The van der Waals surface area contributed by atoms with Gasteiger partial charge in [0.1, 0.15) is 5.60 Å². The maximum Gasteiger partial charge on any atom is 0.411 e. The summed E-state index contributed by atoms with van der Waals surface area (Å²) in [5.74, 6) is 0. The van der Waals surface area contributed by atoms with Crippen LogP contribution in [0.25, 0.3) is 16.3 Å². The molecule has 2 aromatic rings. The third-order valence-electron chi connectivity index (χ3n) is 5.70. The summed E-state index contributed by atoms with van der Waals surface area (Å²) in [6.07, 6.45) is 6.31. The second kappa shape index (κ2) is 6.70. The zero-order chi connectivity index (χ0) is 19.2. The summed E-state index contributed by atoms with van der Waals surface area (Å²) in [6.45, 7) is 8.00. The van der Waals surface area contributed by atoms with Crippen LogP contribution in [-0.4, -0.2) is 28.7 Å². The van der Waals surface area contributed by atoms with Gasteiger partial charge in [0.25, 0.3) is 0 Å². The lowest BCUT2D eigenvalue weighted by molar-refractivity contribution is 0.0000926. The number of fused-ring (bicyclic) bond motifs is 3. The molecule has 0 aromatic heterocycles. The van der Waals surface area contributed by atoms with Crippen LogP contribution in [0.4, 0.5) is 4.79 Å². The minimum Gasteiger partial charge on any atom is -0.444 e. The minimum absolute atomic E-state index is 0.140. The Morgan fingerprint density at radius 3 is 2.63 bits per heavy atom. The molecular weight excluding hydrogens is 334 g/mol. The predicted molar refractivity (Wildman–Crippen MR) is 111 cm³/mol. The van der Waals surface area contributed by atoms with Gasteiger partial charge in [0.05, 0.1) is 6.04 Å². The summed E-state index contributed by atoms with van der Waals surface area (Å²) in [5, 5.41) is 2.59. The van der Waals surface area contributed by atoms with E-state index in [9.17, 15) is 4.79 Å². The molecule has 2 aliphatic rings. The van der Waals surface area contributed by atoms with Crippen molar-refractivity contribution in [2.24, 2.45) is 0 Å². The molecule has 2 atom stereocenters. The Morgan fingerprint density at radius 1 is 1.11 bits per heavy atom. The average Bonchev–Trinajstić information content (AvgIpc) is 2.59. The van der Waals surface area contributed by atoms with Crippen molar-refractivity contribution in [1.29, 1.82) is 0 Å². The second-order valence-electron chi connectivity index (χ2n) is 8.91. The molecule has 3 nitrogen and oxygen atoms in total. The van der Waals surface area contributed by atoms with E-state index in [1.54, 1.807) is 0 Å². The Balaban J connectivity index is 1.74. The summed E-state index contributed by atoms with van der Waals surface area (Å²) < 4.78 is 5.71. The van der Waals surface area contributed by atoms with Gasteiger partial charge >= 0.3 is 6.09 Å². The van der Waals surface area contributed by atoms with E-state index in [2.05, 4.69) is 49.4 Å². The van der Waals surface area contributed by atoms with Crippen molar-refractivity contribution in [3.05, 3.63) is 53.6 Å². The molecule has 0 radical (unpaired) electrons. The maximum atomic E-state index is 12.8. The number of hydrogen-bond donors (Lipinski definition) is 0. The molecule has 2 bridgehead atoms. The fourth-order valence-electron chi connectivity index (χ4n) is 4.62. The van der Waals surface area contributed by atoms with Crippen LogP contribution in [0.2, 0.25) is 0 Å². The Bertz CT molecular complexity index is 906. The zero-order valence-electron chi connectivity index (χ0n) is 16.8. The van der Waals surface area contributed by atoms with E-state index in [0.29, 0.717) is 0 Å². The van der Waals surface area contributed by atoms with Crippen molar-refractivity contribution in [2.75, 3.05) is 0 Å². The van der Waals surface area contributed by atoms with Gasteiger partial charge in [-0.25, -0.2) is 4.79 Å². The normalized spacial score (nSPS) is 22.5. The van der Waals surface area contributed by atoms with Crippen molar-refractivity contribution in [3.63, 3.8) is 0 Å². The van der Waals surface area contributed by atoms with Crippen LogP contribution in [-0.2, 0) is 4.74 Å². The highest BCUT2D eigenvalue weighted by atomic mass is 16.6. The van der Waals surface area contributed by atoms with Gasteiger partial charge in [0.15, 0.2) is 0 Å². The molecular formula is C24H29NO2. The SMILES string of the molecule is Cc1ccc2ccccc2c1C1=CC2CCCC(C1)N2C(=O)OC(C)(C)C. The van der Waals surface area contributed by atoms with E-state index in [1.165, 1.54) is 33.9 Å². The first-order valence-electron chi connectivity index (χ1n) is 10.0. The Morgan fingerprint density at radius 2 is 1.89 bits per heavy atom. The molecule has 1 amide bonds. The molecule has 142 valence electrons. The predicted octanol–water partition coefficient (Wildman–Crippen LogP) is 6.09. The van der Waals surface area contributed by atoms with E-state index in [4.69, 9.17) is 4.74 Å². The molecule has 27 heavy (non-hydrogen) atoms. The smallest absolute Gasteiger partial charge is 0.411 e. The molecule has 4 rings (SSSR count). The van der Waals surface area contributed by atoms with E-state index < -0.39 is 5.60 Å². The Labute approximate surface area is 162 Å². The molecule has 1 saturated heterocycles. The number of nitrogens with zero attached hydrogens (tertiary/aromatic N) is 1. The topological polar surface area (TPSA) is 29.5 Å². The van der Waals surface area contributed by atoms with Gasteiger partial charge in [0, 0.05) is 6.04 Å². The fraction of sp³-hybridized carbons (Fsp3) is 0.458. The molecule has 0 saturated carbocycles. The monoisotopic (exact) mass is 363 g/mol. The number of carbonyl (C=O) groups excluding carboxylic acids is 1. The first kappa shape index (κ1) is 18.1. The number of hydrogen-bond acceptors (Lipinski definition) is 2. The van der Waals surface area contributed by atoms with Crippen LogP contribution >= 0.6 is 0 Å². The van der Waals surface area contributed by atoms with Crippen LogP contribution in [0.15, 0.2) is 42.5 Å². The quantitative estimate of drug-likeness (QED) is 0.613. The summed E-state index contributed by atoms with van der Waals surface area (Å²) in [5.41, 5.74) is 3.60. The van der Waals surface area contributed by atoms with Crippen LogP contribution in [0.3, 0.4) is 0 Å². The number of piperidine rings is 1. The third-order valence-corrected chi connectivity index (χ3v) is 5.70. The molecule has 2 heterocycles. The lowest BCUT2D eigenvalue weighted by Gasteiger charge is -2.45. The minimum atomic E-state index is -0.457. The maximum absolute atomic E-state index is 12.8. The van der Waals surface area contributed by atoms with Gasteiger partial charge in [-0.15, -0.1) is 0 Å². The molecule has 2 aliphatic heterocycles. The zero-order valence-corrected chi connectivity index (χ0v) is 16.8. The van der Waals surface area contributed by atoms with Gasteiger partial charge < -0.3 is 4.74 Å². The van der Waals surface area contributed by atoms with Gasteiger partial charge in [0.2, 0.25) is 0 Å².